The highest BCUT2D eigenvalue weighted by atomic mass is 32.2. The molecule has 0 bridgehead atoms. The highest BCUT2D eigenvalue weighted by Gasteiger charge is 2.09. The van der Waals surface area contributed by atoms with Crippen LogP contribution in [0, 0.1) is 5.82 Å². The number of thioether (sulfide) groups is 1. The third-order valence-corrected chi connectivity index (χ3v) is 3.63. The summed E-state index contributed by atoms with van der Waals surface area (Å²) >= 11 is 1.03. The van der Waals surface area contributed by atoms with Crippen molar-refractivity contribution in [1.29, 1.82) is 0 Å². The smallest absolute Gasteiger partial charge is 0.313 e. The number of azide groups is 1. The standard InChI is InChI=1S/C14H10FN5O3S/c15-10-3-2-9(5-11(10)19-20-16)18-14(23)8-1-4-12(17-6-8)24-7-13(21)22/h1-6H,7H2,(H,18,23)(H,21,22). The van der Waals surface area contributed by atoms with Gasteiger partial charge in [0.1, 0.15) is 5.82 Å². The Morgan fingerprint density at radius 3 is 2.79 bits per heavy atom. The van der Waals surface area contributed by atoms with E-state index in [2.05, 4.69) is 20.3 Å². The zero-order chi connectivity index (χ0) is 17.5. The van der Waals surface area contributed by atoms with Gasteiger partial charge in [0.25, 0.3) is 5.91 Å². The fourth-order valence-corrected chi connectivity index (χ4v) is 2.22. The summed E-state index contributed by atoms with van der Waals surface area (Å²) in [4.78, 5) is 29.1. The van der Waals surface area contributed by atoms with Crippen molar-refractivity contribution in [2.75, 3.05) is 11.1 Å². The Balaban J connectivity index is 2.08. The Morgan fingerprint density at radius 2 is 2.17 bits per heavy atom. The van der Waals surface area contributed by atoms with E-state index in [1.807, 2.05) is 0 Å². The highest BCUT2D eigenvalue weighted by Crippen LogP contribution is 2.23. The molecule has 0 radical (unpaired) electrons. The first-order chi connectivity index (χ1) is 11.5. The Kier molecular flexibility index (Phi) is 5.72. The average Bonchev–Trinajstić information content (AvgIpc) is 2.56. The summed E-state index contributed by atoms with van der Waals surface area (Å²) in [5.74, 6) is -2.28. The molecule has 10 heteroatoms. The maximum Gasteiger partial charge on any atom is 0.313 e. The molecule has 0 fully saturated rings. The van der Waals surface area contributed by atoms with Crippen molar-refractivity contribution in [2.45, 2.75) is 5.03 Å². The fraction of sp³-hybridized carbons (Fsp3) is 0.0714. The molecular weight excluding hydrogens is 337 g/mol. The van der Waals surface area contributed by atoms with Gasteiger partial charge in [0.05, 0.1) is 22.0 Å². The van der Waals surface area contributed by atoms with Gasteiger partial charge in [-0.25, -0.2) is 9.37 Å². The second-order valence-corrected chi connectivity index (χ2v) is 5.37. The van der Waals surface area contributed by atoms with Gasteiger partial charge in [-0.05, 0) is 35.9 Å². The number of carboxylic acids is 1. The molecule has 0 saturated carbocycles. The maximum absolute atomic E-state index is 13.4. The Morgan fingerprint density at radius 1 is 1.38 bits per heavy atom. The summed E-state index contributed by atoms with van der Waals surface area (Å²) in [6.45, 7) is 0. The number of benzene rings is 1. The van der Waals surface area contributed by atoms with Crippen LogP contribution >= 0.6 is 11.8 Å². The van der Waals surface area contributed by atoms with Crippen molar-refractivity contribution in [3.05, 3.63) is 58.4 Å². The number of nitrogens with zero attached hydrogens (tertiary/aromatic N) is 4. The predicted octanol–water partition coefficient (Wildman–Crippen LogP) is 3.59. The van der Waals surface area contributed by atoms with Gasteiger partial charge in [-0.15, -0.1) is 0 Å². The molecule has 1 aromatic carbocycles. The molecule has 8 nitrogen and oxygen atoms in total. The zero-order valence-corrected chi connectivity index (χ0v) is 12.8. The van der Waals surface area contributed by atoms with Crippen LogP contribution in [0.25, 0.3) is 10.4 Å². The Labute approximate surface area is 139 Å². The van der Waals surface area contributed by atoms with Gasteiger partial charge in [-0.2, -0.15) is 0 Å². The number of nitrogens with one attached hydrogen (secondary N) is 1. The normalized spacial score (nSPS) is 9.88. The molecule has 24 heavy (non-hydrogen) atoms. The lowest BCUT2D eigenvalue weighted by Gasteiger charge is -2.07. The topological polar surface area (TPSA) is 128 Å². The van der Waals surface area contributed by atoms with Crippen LogP contribution in [0.3, 0.4) is 0 Å². The van der Waals surface area contributed by atoms with Crippen molar-refractivity contribution >= 4 is 35.0 Å². The Bertz CT molecular complexity index is 822. The van der Waals surface area contributed by atoms with Crippen molar-refractivity contribution in [2.24, 2.45) is 5.11 Å². The molecule has 1 amide bonds. The number of carboxylic acid groups (broad SMARTS) is 1. The summed E-state index contributed by atoms with van der Waals surface area (Å²) in [6, 6.07) is 6.62. The largest absolute Gasteiger partial charge is 0.481 e. The van der Waals surface area contributed by atoms with Crippen LogP contribution in [-0.2, 0) is 4.79 Å². The van der Waals surface area contributed by atoms with Gasteiger partial charge in [-0.1, -0.05) is 16.9 Å². The van der Waals surface area contributed by atoms with E-state index in [-0.39, 0.29) is 22.7 Å². The molecule has 2 N–H and O–H groups in total. The first-order valence-electron chi connectivity index (χ1n) is 6.46. The molecule has 2 rings (SSSR count). The second-order valence-electron chi connectivity index (χ2n) is 4.38. The molecule has 0 unspecified atom stereocenters. The number of hydrogen-bond acceptors (Lipinski definition) is 5. The van der Waals surface area contributed by atoms with E-state index in [9.17, 15) is 14.0 Å². The summed E-state index contributed by atoms with van der Waals surface area (Å²) in [7, 11) is 0. The van der Waals surface area contributed by atoms with Crippen LogP contribution in [-0.4, -0.2) is 27.7 Å². The first kappa shape index (κ1) is 17.3. The van der Waals surface area contributed by atoms with Crippen LogP contribution in [0.15, 0.2) is 46.7 Å². The van der Waals surface area contributed by atoms with Gasteiger partial charge in [0.15, 0.2) is 0 Å². The van der Waals surface area contributed by atoms with Crippen molar-refractivity contribution in [3.8, 4) is 0 Å². The Hall–Kier alpha value is -3.10. The quantitative estimate of drug-likeness (QED) is 0.357. The van der Waals surface area contributed by atoms with Crippen LogP contribution in [0.1, 0.15) is 10.4 Å². The van der Waals surface area contributed by atoms with E-state index >= 15 is 0 Å². The minimum absolute atomic E-state index is 0.129. The van der Waals surface area contributed by atoms with E-state index in [0.717, 1.165) is 17.8 Å². The molecule has 1 heterocycles. The lowest BCUT2D eigenvalue weighted by Crippen LogP contribution is -2.12. The molecular formula is C14H10FN5O3S. The molecule has 0 saturated heterocycles. The number of aromatic nitrogens is 1. The summed E-state index contributed by atoms with van der Waals surface area (Å²) in [6.07, 6.45) is 1.30. The third kappa shape index (κ3) is 4.70. The monoisotopic (exact) mass is 347 g/mol. The number of aliphatic carboxylic acids is 1. The van der Waals surface area contributed by atoms with E-state index in [0.29, 0.717) is 5.03 Å². The van der Waals surface area contributed by atoms with E-state index < -0.39 is 17.7 Å². The van der Waals surface area contributed by atoms with E-state index in [1.54, 1.807) is 0 Å². The number of hydrogen-bond donors (Lipinski definition) is 2. The van der Waals surface area contributed by atoms with E-state index in [4.69, 9.17) is 10.6 Å². The zero-order valence-electron chi connectivity index (χ0n) is 12.0. The molecule has 1 aromatic heterocycles. The van der Waals surface area contributed by atoms with Crippen LogP contribution in [0.2, 0.25) is 0 Å². The SMILES string of the molecule is [N-]=[N+]=Nc1cc(NC(=O)c2ccc(SCC(=O)O)nc2)ccc1F. The van der Waals surface area contributed by atoms with Gasteiger partial charge >= 0.3 is 5.97 Å². The van der Waals surface area contributed by atoms with Gasteiger partial charge < -0.3 is 10.4 Å². The molecule has 0 spiro atoms. The van der Waals surface area contributed by atoms with Crippen molar-refractivity contribution < 1.29 is 19.1 Å². The fourth-order valence-electron chi connectivity index (χ4n) is 1.65. The number of rotatable bonds is 6. The number of halogens is 1. The average molecular weight is 347 g/mol. The minimum Gasteiger partial charge on any atom is -0.481 e. The lowest BCUT2D eigenvalue weighted by atomic mass is 10.2. The number of pyridine rings is 1. The molecule has 2 aromatic rings. The molecule has 0 aliphatic rings. The van der Waals surface area contributed by atoms with Crippen molar-refractivity contribution in [3.63, 3.8) is 0 Å². The highest BCUT2D eigenvalue weighted by molar-refractivity contribution is 7.99. The van der Waals surface area contributed by atoms with Gasteiger partial charge in [0.2, 0.25) is 0 Å². The molecule has 122 valence electrons. The van der Waals surface area contributed by atoms with Crippen molar-refractivity contribution in [1.82, 2.24) is 4.98 Å². The summed E-state index contributed by atoms with van der Waals surface area (Å²) in [5.41, 5.74) is 8.63. The van der Waals surface area contributed by atoms with E-state index in [1.165, 1.54) is 30.5 Å². The lowest BCUT2D eigenvalue weighted by molar-refractivity contribution is -0.133. The summed E-state index contributed by atoms with van der Waals surface area (Å²) < 4.78 is 13.4. The third-order valence-electron chi connectivity index (χ3n) is 2.70. The number of amides is 1. The van der Waals surface area contributed by atoms with Crippen LogP contribution in [0.5, 0.6) is 0 Å². The predicted molar refractivity (Wildman–Crippen MR) is 85.8 cm³/mol. The summed E-state index contributed by atoms with van der Waals surface area (Å²) in [5, 5.41) is 14.8. The number of anilines is 1. The maximum atomic E-state index is 13.4. The minimum atomic E-state index is -0.962. The molecule has 0 aliphatic carbocycles. The number of carbonyl (C=O) groups excluding carboxylic acids is 1. The number of carbonyl (C=O) groups is 2. The van der Waals surface area contributed by atoms with Crippen LogP contribution < -0.4 is 5.32 Å². The first-order valence-corrected chi connectivity index (χ1v) is 7.45. The van der Waals surface area contributed by atoms with Gasteiger partial charge in [-0.3, -0.25) is 9.59 Å². The molecule has 0 atom stereocenters. The molecule has 0 aliphatic heterocycles. The second kappa shape index (κ2) is 7.95. The van der Waals surface area contributed by atoms with Gasteiger partial charge in [0, 0.05) is 16.8 Å². The van der Waals surface area contributed by atoms with Crippen LogP contribution in [0.4, 0.5) is 15.8 Å².